The monoisotopic (exact) mass is 693 g/mol. The number of fused-ring (bicyclic) bond motifs is 8. The molecule has 3 aromatic heterocycles. The number of furan rings is 1. The van der Waals surface area contributed by atoms with Gasteiger partial charge in [-0.2, -0.15) is 0 Å². The van der Waals surface area contributed by atoms with Gasteiger partial charge in [0.05, 0.1) is 27.8 Å². The molecule has 0 saturated carbocycles. The molecule has 0 radical (unpaired) electrons. The average molecular weight is 694 g/mol. The minimum atomic E-state index is 0.569. The van der Waals surface area contributed by atoms with Crippen LogP contribution in [0, 0.1) is 0 Å². The highest BCUT2D eigenvalue weighted by Crippen LogP contribution is 2.49. The van der Waals surface area contributed by atoms with E-state index in [1.807, 2.05) is 48.5 Å². The molecular formula is C49H31N3O2. The van der Waals surface area contributed by atoms with Gasteiger partial charge in [-0.1, -0.05) is 127 Å². The molecule has 3 heterocycles. The molecule has 0 saturated heterocycles. The normalized spacial score (nSPS) is 11.7. The minimum absolute atomic E-state index is 0.569. The Morgan fingerprint density at radius 1 is 0.463 bits per heavy atom. The molecule has 11 rings (SSSR count). The zero-order chi connectivity index (χ0) is 35.6. The number of rotatable bonds is 6. The van der Waals surface area contributed by atoms with Crippen LogP contribution in [0.25, 0.3) is 83.1 Å². The number of nitrogens with zero attached hydrogens (tertiary/aromatic N) is 3. The van der Waals surface area contributed by atoms with E-state index in [1.165, 1.54) is 10.8 Å². The second-order valence-electron chi connectivity index (χ2n) is 13.5. The van der Waals surface area contributed by atoms with E-state index in [1.54, 1.807) is 0 Å². The molecule has 0 N–H and O–H groups in total. The summed E-state index contributed by atoms with van der Waals surface area (Å²) in [6.07, 6.45) is 0. The van der Waals surface area contributed by atoms with Crippen LogP contribution >= 0.6 is 0 Å². The fourth-order valence-corrected chi connectivity index (χ4v) is 8.02. The summed E-state index contributed by atoms with van der Waals surface area (Å²) in [4.78, 5) is 7.43. The van der Waals surface area contributed by atoms with Gasteiger partial charge >= 0.3 is 0 Å². The molecule has 0 bridgehead atoms. The van der Waals surface area contributed by atoms with E-state index in [0.717, 1.165) is 77.9 Å². The Hall–Kier alpha value is -7.37. The largest absolute Gasteiger partial charge is 0.454 e. The number of hydrogen-bond donors (Lipinski definition) is 0. The Morgan fingerprint density at radius 3 is 1.93 bits per heavy atom. The Morgan fingerprint density at radius 2 is 1.11 bits per heavy atom. The van der Waals surface area contributed by atoms with Crippen molar-refractivity contribution in [3.05, 3.63) is 188 Å². The van der Waals surface area contributed by atoms with E-state index < -0.39 is 0 Å². The Kier molecular flexibility index (Phi) is 6.79. The Bertz CT molecular complexity index is 3160. The third-order valence-electron chi connectivity index (χ3n) is 10.4. The van der Waals surface area contributed by atoms with Crippen LogP contribution in [0.4, 0.5) is 17.1 Å². The van der Waals surface area contributed by atoms with Gasteiger partial charge in [0.1, 0.15) is 11.1 Å². The van der Waals surface area contributed by atoms with Crippen molar-refractivity contribution in [1.82, 2.24) is 9.55 Å². The molecule has 8 aromatic carbocycles. The molecule has 0 aliphatic heterocycles. The van der Waals surface area contributed by atoms with Crippen LogP contribution < -0.4 is 4.90 Å². The van der Waals surface area contributed by atoms with Crippen LogP contribution in [-0.2, 0) is 0 Å². The summed E-state index contributed by atoms with van der Waals surface area (Å²) in [6, 6.07) is 65.5. The van der Waals surface area contributed by atoms with Crippen LogP contribution in [-0.4, -0.2) is 9.55 Å². The van der Waals surface area contributed by atoms with E-state index in [-0.39, 0.29) is 0 Å². The number of oxazole rings is 1. The van der Waals surface area contributed by atoms with Crippen LogP contribution in [0.3, 0.4) is 0 Å². The van der Waals surface area contributed by atoms with E-state index in [4.69, 9.17) is 13.8 Å². The van der Waals surface area contributed by atoms with Crippen LogP contribution in [0.5, 0.6) is 0 Å². The molecule has 5 nitrogen and oxygen atoms in total. The van der Waals surface area contributed by atoms with Crippen LogP contribution in [0.2, 0.25) is 0 Å². The Labute approximate surface area is 310 Å². The summed E-state index contributed by atoms with van der Waals surface area (Å²) < 4.78 is 15.9. The van der Waals surface area contributed by atoms with Crippen molar-refractivity contribution in [3.63, 3.8) is 0 Å². The molecule has 0 atom stereocenters. The predicted octanol–water partition coefficient (Wildman–Crippen LogP) is 13.6. The molecule has 0 amide bonds. The fourth-order valence-electron chi connectivity index (χ4n) is 8.02. The van der Waals surface area contributed by atoms with Gasteiger partial charge in [0.2, 0.25) is 5.89 Å². The van der Waals surface area contributed by atoms with Gasteiger partial charge in [-0.15, -0.1) is 0 Å². The highest BCUT2D eigenvalue weighted by atomic mass is 16.4. The topological polar surface area (TPSA) is 47.3 Å². The number of aromatic nitrogens is 2. The van der Waals surface area contributed by atoms with Crippen LogP contribution in [0.1, 0.15) is 0 Å². The zero-order valence-corrected chi connectivity index (χ0v) is 29.1. The number of para-hydroxylation sites is 4. The number of benzene rings is 8. The highest BCUT2D eigenvalue weighted by Gasteiger charge is 2.27. The van der Waals surface area contributed by atoms with Crippen molar-refractivity contribution in [3.8, 4) is 28.3 Å². The van der Waals surface area contributed by atoms with Gasteiger partial charge in [0, 0.05) is 44.7 Å². The predicted molar refractivity (Wildman–Crippen MR) is 221 cm³/mol. The lowest BCUT2D eigenvalue weighted by Gasteiger charge is -2.28. The maximum atomic E-state index is 6.88. The first kappa shape index (κ1) is 30.3. The molecule has 0 aliphatic carbocycles. The number of anilines is 3. The lowest BCUT2D eigenvalue weighted by atomic mass is 10.0. The van der Waals surface area contributed by atoms with Crippen molar-refractivity contribution in [2.75, 3.05) is 4.90 Å². The minimum Gasteiger partial charge on any atom is -0.454 e. The maximum Gasteiger partial charge on any atom is 0.227 e. The van der Waals surface area contributed by atoms with E-state index >= 15 is 0 Å². The van der Waals surface area contributed by atoms with Crippen molar-refractivity contribution < 1.29 is 8.83 Å². The van der Waals surface area contributed by atoms with Crippen molar-refractivity contribution in [1.29, 1.82) is 0 Å². The van der Waals surface area contributed by atoms with Gasteiger partial charge in [-0.25, -0.2) is 4.98 Å². The maximum absolute atomic E-state index is 6.88. The summed E-state index contributed by atoms with van der Waals surface area (Å²) in [6.45, 7) is 0. The van der Waals surface area contributed by atoms with Gasteiger partial charge in [0.25, 0.3) is 0 Å². The van der Waals surface area contributed by atoms with E-state index in [0.29, 0.717) is 11.5 Å². The van der Waals surface area contributed by atoms with Gasteiger partial charge in [-0.3, -0.25) is 0 Å². The molecule has 5 heteroatoms. The molecule has 0 aliphatic rings. The summed E-state index contributed by atoms with van der Waals surface area (Å²) in [7, 11) is 0. The molecule has 254 valence electrons. The molecule has 11 aromatic rings. The van der Waals surface area contributed by atoms with Crippen LogP contribution in [0.15, 0.2) is 197 Å². The summed E-state index contributed by atoms with van der Waals surface area (Å²) in [5.74, 6) is 0.569. The van der Waals surface area contributed by atoms with Crippen molar-refractivity contribution >= 4 is 71.9 Å². The first-order valence-corrected chi connectivity index (χ1v) is 18.1. The molecule has 54 heavy (non-hydrogen) atoms. The zero-order valence-electron chi connectivity index (χ0n) is 29.1. The standard InChI is InChI=1S/C49H31N3O2/c1-4-16-32(17-5-1)36-22-10-13-25-40(36)52(35-28-29-38-37-23-11-14-26-41(37)51(42(38)30-35)34-20-8-3-9-21-34)43-31-45-47(50-49(54-45)33-18-6-2-7-19-33)46-39-24-12-15-27-44(39)53-48(43)46/h1-31H. The summed E-state index contributed by atoms with van der Waals surface area (Å²) in [5.41, 5.74) is 12.3. The average Bonchev–Trinajstić information content (AvgIpc) is 3.94. The second kappa shape index (κ2) is 12.1. The summed E-state index contributed by atoms with van der Waals surface area (Å²) in [5, 5.41) is 4.30. The fraction of sp³-hybridized carbons (Fsp3) is 0. The quantitative estimate of drug-likeness (QED) is 0.174. The smallest absolute Gasteiger partial charge is 0.227 e. The molecule has 0 fully saturated rings. The molecule has 0 unspecified atom stereocenters. The molecular weight excluding hydrogens is 663 g/mol. The van der Waals surface area contributed by atoms with Gasteiger partial charge < -0.3 is 18.3 Å². The molecule has 0 spiro atoms. The second-order valence-corrected chi connectivity index (χ2v) is 13.5. The van der Waals surface area contributed by atoms with Gasteiger partial charge in [0.15, 0.2) is 11.2 Å². The van der Waals surface area contributed by atoms with Crippen molar-refractivity contribution in [2.24, 2.45) is 0 Å². The van der Waals surface area contributed by atoms with Crippen molar-refractivity contribution in [2.45, 2.75) is 0 Å². The lowest BCUT2D eigenvalue weighted by molar-refractivity contribution is 0.619. The lowest BCUT2D eigenvalue weighted by Crippen LogP contribution is -2.12. The van der Waals surface area contributed by atoms with Gasteiger partial charge in [-0.05, 0) is 60.2 Å². The number of hydrogen-bond acceptors (Lipinski definition) is 4. The third-order valence-corrected chi connectivity index (χ3v) is 10.4. The third kappa shape index (κ3) is 4.69. The van der Waals surface area contributed by atoms with E-state index in [2.05, 4.69) is 149 Å². The Balaban J connectivity index is 1.26. The van der Waals surface area contributed by atoms with E-state index in [9.17, 15) is 0 Å². The SMILES string of the molecule is c1ccc(-c2nc3c(cc(N(c4ccc5c6ccccc6n(-c6ccccc6)c5c4)c4ccccc4-c4ccccc4)c4oc5ccccc5c43)o2)cc1. The first-order valence-electron chi connectivity index (χ1n) is 18.1. The highest BCUT2D eigenvalue weighted by molar-refractivity contribution is 6.21. The first-order chi connectivity index (χ1) is 26.8. The summed E-state index contributed by atoms with van der Waals surface area (Å²) >= 11 is 0.